The summed E-state index contributed by atoms with van der Waals surface area (Å²) in [5.74, 6) is -0.450. The van der Waals surface area contributed by atoms with Gasteiger partial charge in [-0.25, -0.2) is 4.39 Å². The van der Waals surface area contributed by atoms with Crippen molar-refractivity contribution >= 4 is 5.91 Å². The van der Waals surface area contributed by atoms with Gasteiger partial charge in [0.1, 0.15) is 5.82 Å². The van der Waals surface area contributed by atoms with E-state index in [1.54, 1.807) is 18.2 Å². The van der Waals surface area contributed by atoms with E-state index in [0.717, 1.165) is 5.56 Å². The van der Waals surface area contributed by atoms with Crippen molar-refractivity contribution in [1.29, 1.82) is 0 Å². The normalized spacial score (nSPS) is 10.7. The molecular weight excluding hydrogens is 293 g/mol. The van der Waals surface area contributed by atoms with Crippen molar-refractivity contribution in [3.05, 3.63) is 71.5 Å². The van der Waals surface area contributed by atoms with Crippen molar-refractivity contribution in [2.45, 2.75) is 13.1 Å². The van der Waals surface area contributed by atoms with Crippen LogP contribution in [0.1, 0.15) is 11.1 Å². The number of hydrogen-bond acceptors (Lipinski definition) is 3. The Morgan fingerprint density at radius 3 is 2.48 bits per heavy atom. The highest BCUT2D eigenvalue weighted by Gasteiger charge is 2.11. The molecular formula is C18H22FN3O. The van der Waals surface area contributed by atoms with E-state index in [4.69, 9.17) is 5.73 Å². The van der Waals surface area contributed by atoms with Gasteiger partial charge < -0.3 is 11.1 Å². The van der Waals surface area contributed by atoms with Crippen LogP contribution in [0.15, 0.2) is 54.6 Å². The van der Waals surface area contributed by atoms with Crippen LogP contribution >= 0.6 is 0 Å². The summed E-state index contributed by atoms with van der Waals surface area (Å²) in [6, 6.07) is 16.3. The molecule has 0 aromatic heterocycles. The monoisotopic (exact) mass is 315 g/mol. The first-order valence-corrected chi connectivity index (χ1v) is 7.65. The van der Waals surface area contributed by atoms with Crippen LogP contribution in [0.2, 0.25) is 0 Å². The molecule has 3 N–H and O–H groups in total. The molecule has 0 fully saturated rings. The molecule has 2 aromatic rings. The summed E-state index contributed by atoms with van der Waals surface area (Å²) in [6.45, 7) is 2.19. The van der Waals surface area contributed by atoms with E-state index in [9.17, 15) is 9.18 Å². The van der Waals surface area contributed by atoms with E-state index < -0.39 is 0 Å². The minimum atomic E-state index is -0.309. The number of nitrogens with two attached hydrogens (primary N) is 1. The topological polar surface area (TPSA) is 58.4 Å². The highest BCUT2D eigenvalue weighted by Crippen LogP contribution is 2.06. The molecule has 0 spiro atoms. The van der Waals surface area contributed by atoms with Crippen LogP contribution in [0.5, 0.6) is 0 Å². The molecule has 2 rings (SSSR count). The van der Waals surface area contributed by atoms with Gasteiger partial charge in [0.05, 0.1) is 6.54 Å². The SMILES string of the molecule is NCCN(CC(=O)NCc1ccccc1F)Cc1ccccc1. The molecule has 2 aromatic carbocycles. The minimum Gasteiger partial charge on any atom is -0.351 e. The highest BCUT2D eigenvalue weighted by atomic mass is 19.1. The van der Waals surface area contributed by atoms with Crippen molar-refractivity contribution in [3.63, 3.8) is 0 Å². The number of carbonyl (C=O) groups is 1. The van der Waals surface area contributed by atoms with Gasteiger partial charge in [-0.1, -0.05) is 48.5 Å². The molecule has 0 saturated carbocycles. The highest BCUT2D eigenvalue weighted by molar-refractivity contribution is 5.78. The predicted octanol–water partition coefficient (Wildman–Crippen LogP) is 1.90. The van der Waals surface area contributed by atoms with Crippen molar-refractivity contribution in [3.8, 4) is 0 Å². The van der Waals surface area contributed by atoms with Crippen LogP contribution < -0.4 is 11.1 Å². The van der Waals surface area contributed by atoms with Gasteiger partial charge in [-0.3, -0.25) is 9.69 Å². The number of amides is 1. The van der Waals surface area contributed by atoms with E-state index >= 15 is 0 Å². The second-order valence-corrected chi connectivity index (χ2v) is 5.35. The maximum Gasteiger partial charge on any atom is 0.234 e. The van der Waals surface area contributed by atoms with E-state index in [-0.39, 0.29) is 24.8 Å². The third-order valence-electron chi connectivity index (χ3n) is 3.50. The molecule has 0 saturated heterocycles. The average molecular weight is 315 g/mol. The Kier molecular flexibility index (Phi) is 6.72. The summed E-state index contributed by atoms with van der Waals surface area (Å²) in [5, 5.41) is 2.75. The molecule has 1 amide bonds. The fourth-order valence-electron chi connectivity index (χ4n) is 2.33. The fraction of sp³-hybridized carbons (Fsp3) is 0.278. The minimum absolute atomic E-state index is 0.141. The molecule has 5 heteroatoms. The summed E-state index contributed by atoms with van der Waals surface area (Å²) >= 11 is 0. The molecule has 0 bridgehead atoms. The van der Waals surface area contributed by atoms with E-state index in [1.807, 2.05) is 35.2 Å². The molecule has 0 aliphatic heterocycles. The lowest BCUT2D eigenvalue weighted by molar-refractivity contribution is -0.122. The van der Waals surface area contributed by atoms with Crippen LogP contribution in [-0.4, -0.2) is 30.4 Å². The third-order valence-corrected chi connectivity index (χ3v) is 3.50. The number of hydrogen-bond donors (Lipinski definition) is 2. The molecule has 0 heterocycles. The summed E-state index contributed by atoms with van der Waals surface area (Å²) in [7, 11) is 0. The molecule has 0 aliphatic carbocycles. The molecule has 0 radical (unpaired) electrons. The maximum absolute atomic E-state index is 13.5. The van der Waals surface area contributed by atoms with Crippen LogP contribution in [0, 0.1) is 5.82 Å². The first kappa shape index (κ1) is 17.1. The maximum atomic E-state index is 13.5. The summed E-state index contributed by atoms with van der Waals surface area (Å²) < 4.78 is 13.5. The van der Waals surface area contributed by atoms with Crippen molar-refractivity contribution in [2.24, 2.45) is 5.73 Å². The summed E-state index contributed by atoms with van der Waals surface area (Å²) in [4.78, 5) is 14.1. The van der Waals surface area contributed by atoms with Crippen LogP contribution in [0.25, 0.3) is 0 Å². The Balaban J connectivity index is 1.86. The Bertz CT molecular complexity index is 619. The van der Waals surface area contributed by atoms with Gasteiger partial charge in [-0.05, 0) is 11.6 Å². The Morgan fingerprint density at radius 2 is 1.78 bits per heavy atom. The second kappa shape index (κ2) is 9.02. The molecule has 23 heavy (non-hydrogen) atoms. The second-order valence-electron chi connectivity index (χ2n) is 5.35. The molecule has 122 valence electrons. The Morgan fingerprint density at radius 1 is 1.09 bits per heavy atom. The average Bonchev–Trinajstić information content (AvgIpc) is 2.55. The number of benzene rings is 2. The first-order chi connectivity index (χ1) is 11.2. The van der Waals surface area contributed by atoms with Gasteiger partial charge >= 0.3 is 0 Å². The Hall–Kier alpha value is -2.24. The Labute approximate surface area is 136 Å². The number of nitrogens with zero attached hydrogens (tertiary/aromatic N) is 1. The van der Waals surface area contributed by atoms with Crippen LogP contribution in [0.4, 0.5) is 4.39 Å². The standard InChI is InChI=1S/C18H22FN3O/c19-17-9-5-4-8-16(17)12-21-18(23)14-22(11-10-20)13-15-6-2-1-3-7-15/h1-9H,10-14,20H2,(H,21,23). The zero-order valence-electron chi connectivity index (χ0n) is 13.0. The van der Waals surface area contributed by atoms with E-state index in [1.165, 1.54) is 6.07 Å². The number of carbonyl (C=O) groups excluding carboxylic acids is 1. The zero-order valence-corrected chi connectivity index (χ0v) is 13.0. The first-order valence-electron chi connectivity index (χ1n) is 7.65. The third kappa shape index (κ3) is 5.81. The number of halogens is 1. The lowest BCUT2D eigenvalue weighted by Crippen LogP contribution is -2.39. The van der Waals surface area contributed by atoms with Crippen molar-refractivity contribution < 1.29 is 9.18 Å². The van der Waals surface area contributed by atoms with Gasteiger partial charge in [-0.2, -0.15) is 0 Å². The van der Waals surface area contributed by atoms with Gasteiger partial charge in [-0.15, -0.1) is 0 Å². The lowest BCUT2D eigenvalue weighted by atomic mass is 10.2. The quantitative estimate of drug-likeness (QED) is 0.782. The van der Waals surface area contributed by atoms with Gasteiger partial charge in [0, 0.05) is 31.7 Å². The summed E-state index contributed by atoms with van der Waals surface area (Å²) in [5.41, 5.74) is 7.23. The molecule has 0 unspecified atom stereocenters. The molecule has 0 atom stereocenters. The van der Waals surface area contributed by atoms with Gasteiger partial charge in [0.25, 0.3) is 0 Å². The number of rotatable bonds is 8. The molecule has 0 aliphatic rings. The fourth-order valence-corrected chi connectivity index (χ4v) is 2.33. The van der Waals surface area contributed by atoms with Crippen molar-refractivity contribution in [2.75, 3.05) is 19.6 Å². The largest absolute Gasteiger partial charge is 0.351 e. The van der Waals surface area contributed by atoms with Crippen LogP contribution in [0.3, 0.4) is 0 Å². The predicted molar refractivity (Wildman–Crippen MR) is 89.0 cm³/mol. The van der Waals surface area contributed by atoms with Crippen molar-refractivity contribution in [1.82, 2.24) is 10.2 Å². The smallest absolute Gasteiger partial charge is 0.234 e. The van der Waals surface area contributed by atoms with E-state index in [0.29, 0.717) is 25.2 Å². The van der Waals surface area contributed by atoms with Gasteiger partial charge in [0.15, 0.2) is 0 Å². The summed E-state index contributed by atoms with van der Waals surface area (Å²) in [6.07, 6.45) is 0. The van der Waals surface area contributed by atoms with E-state index in [2.05, 4.69) is 5.32 Å². The zero-order chi connectivity index (χ0) is 16.5. The number of nitrogens with one attached hydrogen (secondary N) is 1. The van der Waals surface area contributed by atoms with Gasteiger partial charge in [0.2, 0.25) is 5.91 Å². The van der Waals surface area contributed by atoms with Crippen LogP contribution in [-0.2, 0) is 17.9 Å². The lowest BCUT2D eigenvalue weighted by Gasteiger charge is -2.21. The molecule has 4 nitrogen and oxygen atoms in total.